The van der Waals surface area contributed by atoms with E-state index >= 15 is 0 Å². The van der Waals surface area contributed by atoms with Crippen LogP contribution in [0.25, 0.3) is 0 Å². The smallest absolute Gasteiger partial charge is 0.109 e. The Hall–Kier alpha value is 0.112. The zero-order valence-corrected chi connectivity index (χ0v) is 14.1. The first-order valence-corrected chi connectivity index (χ1v) is 5.73. The van der Waals surface area contributed by atoms with Crippen molar-refractivity contribution in [2.24, 2.45) is 0 Å². The Morgan fingerprint density at radius 2 is 2.17 bits per heavy atom. The molecule has 2 bridgehead atoms. The van der Waals surface area contributed by atoms with Gasteiger partial charge >= 0.3 is 0 Å². The van der Waals surface area contributed by atoms with Gasteiger partial charge in [-0.3, -0.25) is 0 Å². The molecule has 1 aromatic rings. The molecule has 0 amide bonds. The summed E-state index contributed by atoms with van der Waals surface area (Å²) in [5.74, 6) is 0. The van der Waals surface area contributed by atoms with Crippen molar-refractivity contribution < 1.29 is 50.4 Å². The van der Waals surface area contributed by atoms with Gasteiger partial charge in [-0.15, -0.1) is 0 Å². The summed E-state index contributed by atoms with van der Waals surface area (Å²) in [5, 5.41) is 9.41. The van der Waals surface area contributed by atoms with Gasteiger partial charge in [0.15, 0.2) is 0 Å². The molecule has 2 saturated heterocycles. The number of hydrogen-bond acceptors (Lipinski definition) is 4. The second kappa shape index (κ2) is 6.04. The zero-order chi connectivity index (χ0) is 11.7. The topological polar surface area (TPSA) is 47.9 Å². The number of benzene rings is 1. The zero-order valence-electron chi connectivity index (χ0n) is 9.91. The minimum Gasteiger partial charge on any atom is -0.540 e. The molecule has 0 radical (unpaired) electrons. The molecule has 5 heteroatoms. The molecule has 0 aliphatic carbocycles. The van der Waals surface area contributed by atoms with Gasteiger partial charge in [0.1, 0.15) is 5.60 Å². The van der Waals surface area contributed by atoms with Crippen molar-refractivity contribution in [2.45, 2.75) is 24.4 Å². The van der Waals surface area contributed by atoms with E-state index < -0.39 is 5.60 Å². The molecule has 0 saturated carbocycles. The maximum absolute atomic E-state index is 9.41. The van der Waals surface area contributed by atoms with E-state index in [1.807, 2.05) is 30.3 Å². The molecule has 96 valence electrons. The molecule has 1 N–H and O–H groups in total. The van der Waals surface area contributed by atoms with Crippen molar-refractivity contribution in [3.8, 4) is 0 Å². The van der Waals surface area contributed by atoms with Gasteiger partial charge in [0.05, 0.1) is 25.9 Å². The molecule has 18 heavy (non-hydrogen) atoms. The van der Waals surface area contributed by atoms with Gasteiger partial charge in [0.2, 0.25) is 0 Å². The Kier molecular flexibility index (Phi) is 4.87. The van der Waals surface area contributed by atoms with Gasteiger partial charge in [-0.05, 0) is 11.7 Å². The van der Waals surface area contributed by atoms with E-state index in [2.05, 4.69) is 0 Å². The van der Waals surface area contributed by atoms with E-state index in [0.717, 1.165) is 5.56 Å². The Labute approximate surface area is 130 Å². The summed E-state index contributed by atoms with van der Waals surface area (Å²) in [6.45, 7) is 2.43. The van der Waals surface area contributed by atoms with Crippen LogP contribution in [0.2, 0.25) is 0 Å². The molecule has 1 unspecified atom stereocenters. The second-order valence-corrected chi connectivity index (χ2v) is 4.47. The Balaban J connectivity index is 0.00000120. The first kappa shape index (κ1) is 14.5. The van der Waals surface area contributed by atoms with Crippen molar-refractivity contribution in [2.75, 3.05) is 13.2 Å². The first-order chi connectivity index (χ1) is 8.34. The van der Waals surface area contributed by atoms with Gasteiger partial charge in [0.25, 0.3) is 0 Å². The molecule has 2 fully saturated rings. The van der Waals surface area contributed by atoms with Crippen LogP contribution in [0.4, 0.5) is 0 Å². The number of fused-ring (bicyclic) bond motifs is 2. The fourth-order valence-electron chi connectivity index (χ4n) is 2.30. The molecule has 0 aromatic heterocycles. The number of hydrogen-bond donors (Lipinski definition) is 1. The van der Waals surface area contributed by atoms with Crippen molar-refractivity contribution in [1.82, 2.24) is 0 Å². The number of rotatable bonds is 4. The van der Waals surface area contributed by atoms with Crippen LogP contribution >= 0.6 is 0 Å². The summed E-state index contributed by atoms with van der Waals surface area (Å²) >= 11 is 0. The van der Waals surface area contributed by atoms with Crippen LogP contribution < -0.4 is 0 Å². The summed E-state index contributed by atoms with van der Waals surface area (Å²) in [5.41, 5.74) is 0.409. The molecule has 3 rings (SSSR count). The van der Waals surface area contributed by atoms with Gasteiger partial charge in [-0.25, -0.2) is 0 Å². The summed E-state index contributed by atoms with van der Waals surface area (Å²) in [6, 6.07) is 9.94. The monoisotopic (exact) mass is 473 g/mol. The van der Waals surface area contributed by atoms with Crippen LogP contribution in [0.5, 0.6) is 0 Å². The Bertz CT molecular complexity index is 376. The van der Waals surface area contributed by atoms with Crippen molar-refractivity contribution in [3.05, 3.63) is 42.5 Å². The van der Waals surface area contributed by atoms with Crippen LogP contribution in [-0.4, -0.2) is 36.1 Å². The van der Waals surface area contributed by atoms with Crippen molar-refractivity contribution >= 4 is 0 Å². The van der Waals surface area contributed by atoms with Crippen LogP contribution in [-0.2, 0) is 20.8 Å². The molecule has 2 heterocycles. The molecule has 1 aromatic carbocycles. The summed E-state index contributed by atoms with van der Waals surface area (Å²) in [4.78, 5) is 0. The molecule has 0 spiro atoms. The van der Waals surface area contributed by atoms with Crippen molar-refractivity contribution in [1.29, 1.82) is 0 Å². The third kappa shape index (κ3) is 2.53. The van der Waals surface area contributed by atoms with E-state index in [9.17, 15) is 5.11 Å². The largest absolute Gasteiger partial charge is 0.540 e. The van der Waals surface area contributed by atoms with Gasteiger partial charge < -0.3 is 19.3 Å². The van der Waals surface area contributed by atoms with Crippen molar-refractivity contribution in [3.63, 3.8) is 0 Å². The standard InChI is InChI=1S/C13H15O4.U/c14-8-13-9-16-11(7-17-13)12(13)15-6-10-4-2-1-3-5-10;/h1-5,7,11-12,14H,6,8-9H2;/q-1;/t11-,12?,13+;/m0./s1. The third-order valence-electron chi connectivity index (χ3n) is 3.31. The SMILES string of the molecule is OC[C@]12CO[C@@H]([CH-]O1)C2OCc1ccccc1.[U]. The Morgan fingerprint density at radius 3 is 2.78 bits per heavy atom. The Morgan fingerprint density at radius 1 is 1.39 bits per heavy atom. The molecular weight excluding hydrogens is 458 g/mol. The van der Waals surface area contributed by atoms with E-state index in [1.54, 1.807) is 6.61 Å². The predicted molar refractivity (Wildman–Crippen MR) is 60.0 cm³/mol. The molecule has 3 atom stereocenters. The molecule has 2 aliphatic heterocycles. The third-order valence-corrected chi connectivity index (χ3v) is 3.31. The van der Waals surface area contributed by atoms with Crippen LogP contribution in [0.3, 0.4) is 0 Å². The number of aliphatic hydroxyl groups is 1. The quantitative estimate of drug-likeness (QED) is 0.661. The van der Waals surface area contributed by atoms with E-state index in [1.165, 1.54) is 0 Å². The fourth-order valence-corrected chi connectivity index (χ4v) is 2.30. The van der Waals surface area contributed by atoms with Gasteiger partial charge in [-0.1, -0.05) is 30.3 Å². The number of ether oxygens (including phenoxy) is 3. The summed E-state index contributed by atoms with van der Waals surface area (Å²) in [6.07, 6.45) is -0.376. The molecular formula is C13H15O4U-. The van der Waals surface area contributed by atoms with Crippen LogP contribution in [0.15, 0.2) is 30.3 Å². The second-order valence-electron chi connectivity index (χ2n) is 4.47. The molecule has 4 nitrogen and oxygen atoms in total. The van der Waals surface area contributed by atoms with E-state index in [-0.39, 0.29) is 49.9 Å². The van der Waals surface area contributed by atoms with Gasteiger partial charge in [-0.2, -0.15) is 6.61 Å². The average Bonchev–Trinajstić information content (AvgIpc) is 2.92. The van der Waals surface area contributed by atoms with E-state index in [0.29, 0.717) is 13.2 Å². The minimum absolute atomic E-state index is 0. The summed E-state index contributed by atoms with van der Waals surface area (Å²) < 4.78 is 16.8. The maximum atomic E-state index is 9.41. The molecule has 2 aliphatic rings. The van der Waals surface area contributed by atoms with Gasteiger partial charge in [0, 0.05) is 31.1 Å². The van der Waals surface area contributed by atoms with Crippen LogP contribution in [0, 0.1) is 37.7 Å². The fraction of sp³-hybridized carbons (Fsp3) is 0.462. The number of aliphatic hydroxyl groups excluding tert-OH is 1. The first-order valence-electron chi connectivity index (χ1n) is 5.73. The summed E-state index contributed by atoms with van der Waals surface area (Å²) in [7, 11) is 0. The predicted octanol–water partition coefficient (Wildman–Crippen LogP) is 0.894. The van der Waals surface area contributed by atoms with E-state index in [4.69, 9.17) is 14.2 Å². The average molecular weight is 473 g/mol. The minimum atomic E-state index is -0.695. The maximum Gasteiger partial charge on any atom is 0.109 e. The van der Waals surface area contributed by atoms with Crippen LogP contribution in [0.1, 0.15) is 5.56 Å². The normalized spacial score (nSPS) is 33.4.